The van der Waals surface area contributed by atoms with Crippen LogP contribution in [0.1, 0.15) is 49.3 Å². The molecule has 2 aliphatic heterocycles. The summed E-state index contributed by atoms with van der Waals surface area (Å²) in [5.41, 5.74) is 3.39. The summed E-state index contributed by atoms with van der Waals surface area (Å²) in [7, 11) is 1.72. The molecule has 3 amide bonds. The van der Waals surface area contributed by atoms with Gasteiger partial charge < -0.3 is 25.6 Å². The van der Waals surface area contributed by atoms with Gasteiger partial charge in [-0.2, -0.15) is 5.26 Å². The Morgan fingerprint density at radius 3 is 2.67 bits per heavy atom. The number of rotatable bonds is 5. The monoisotopic (exact) mass is 487 g/mol. The van der Waals surface area contributed by atoms with Crippen LogP contribution in [-0.2, 0) is 9.53 Å². The minimum absolute atomic E-state index is 0.0187. The number of urea groups is 1. The molecule has 5 unspecified atom stereocenters. The predicted octanol–water partition coefficient (Wildman–Crippen LogP) is 4.27. The third-order valence-corrected chi connectivity index (χ3v) is 7.88. The van der Waals surface area contributed by atoms with Gasteiger partial charge in [0.25, 0.3) is 0 Å². The summed E-state index contributed by atoms with van der Waals surface area (Å²) in [6.45, 7) is 1.31. The molecule has 2 heterocycles. The minimum atomic E-state index is -0.323. The summed E-state index contributed by atoms with van der Waals surface area (Å²) < 4.78 is 5.50. The van der Waals surface area contributed by atoms with Crippen LogP contribution in [0.15, 0.2) is 48.5 Å². The largest absolute Gasteiger partial charge is 0.383 e. The number of carbonyl (C=O) groups is 2. The summed E-state index contributed by atoms with van der Waals surface area (Å²) in [6, 6.07) is 16.7. The molecule has 2 fully saturated rings. The van der Waals surface area contributed by atoms with Gasteiger partial charge in [-0.15, -0.1) is 0 Å². The lowest BCUT2D eigenvalue weighted by atomic mass is 9.81. The lowest BCUT2D eigenvalue weighted by Gasteiger charge is -2.41. The van der Waals surface area contributed by atoms with Crippen LogP contribution in [0.4, 0.5) is 16.2 Å². The first-order chi connectivity index (χ1) is 17.6. The van der Waals surface area contributed by atoms with Crippen LogP contribution >= 0.6 is 0 Å². The van der Waals surface area contributed by atoms with Crippen molar-refractivity contribution in [3.63, 3.8) is 0 Å². The number of benzene rings is 2. The first kappa shape index (κ1) is 24.1. The molecule has 5 rings (SSSR count). The van der Waals surface area contributed by atoms with Gasteiger partial charge in [0, 0.05) is 37.0 Å². The number of hydrogen-bond acceptors (Lipinski definition) is 5. The average Bonchev–Trinajstić information content (AvgIpc) is 3.35. The van der Waals surface area contributed by atoms with Crippen molar-refractivity contribution in [3.8, 4) is 6.07 Å². The molecule has 0 radical (unpaired) electrons. The second-order valence-corrected chi connectivity index (χ2v) is 10.0. The first-order valence-corrected chi connectivity index (χ1v) is 12.8. The molecule has 36 heavy (non-hydrogen) atoms. The number of amides is 3. The van der Waals surface area contributed by atoms with Gasteiger partial charge in [0.2, 0.25) is 5.91 Å². The predicted molar refractivity (Wildman–Crippen MR) is 137 cm³/mol. The summed E-state index contributed by atoms with van der Waals surface area (Å²) >= 11 is 0. The van der Waals surface area contributed by atoms with Crippen LogP contribution in [0.5, 0.6) is 0 Å². The quantitative estimate of drug-likeness (QED) is 0.584. The first-order valence-electron chi connectivity index (χ1n) is 12.8. The van der Waals surface area contributed by atoms with Crippen molar-refractivity contribution in [1.29, 1.82) is 5.26 Å². The number of nitriles is 1. The van der Waals surface area contributed by atoms with Crippen LogP contribution < -0.4 is 16.0 Å². The zero-order chi connectivity index (χ0) is 25.1. The van der Waals surface area contributed by atoms with Gasteiger partial charge in [0.1, 0.15) is 0 Å². The van der Waals surface area contributed by atoms with E-state index < -0.39 is 0 Å². The maximum absolute atomic E-state index is 14.0. The highest BCUT2D eigenvalue weighted by Crippen LogP contribution is 2.47. The fourth-order valence-electron chi connectivity index (χ4n) is 6.20. The molecule has 3 aliphatic rings. The molecule has 8 nitrogen and oxygen atoms in total. The number of likely N-dealkylation sites (tertiary alicyclic amines) is 1. The highest BCUT2D eigenvalue weighted by Gasteiger charge is 2.48. The molecule has 3 N–H and O–H groups in total. The number of carbonyl (C=O) groups excluding carboxylic acids is 2. The maximum atomic E-state index is 14.0. The van der Waals surface area contributed by atoms with E-state index in [-0.39, 0.29) is 36.0 Å². The normalized spacial score (nSPS) is 26.7. The molecule has 2 aromatic rings. The van der Waals surface area contributed by atoms with Gasteiger partial charge in [-0.3, -0.25) is 4.79 Å². The Balaban J connectivity index is 1.31. The number of ether oxygens (including phenoxy) is 1. The summed E-state index contributed by atoms with van der Waals surface area (Å²) in [5, 5.41) is 18.5. The molecular formula is C28H33N5O3. The Kier molecular flexibility index (Phi) is 7.10. The zero-order valence-corrected chi connectivity index (χ0v) is 20.6. The van der Waals surface area contributed by atoms with E-state index in [1.165, 1.54) is 5.56 Å². The molecule has 188 valence electrons. The van der Waals surface area contributed by atoms with E-state index in [2.05, 4.69) is 39.1 Å². The van der Waals surface area contributed by atoms with Gasteiger partial charge >= 0.3 is 6.03 Å². The number of hydrogen-bond donors (Lipinski definition) is 3. The van der Waals surface area contributed by atoms with Crippen LogP contribution in [0.25, 0.3) is 0 Å². The number of fused-ring (bicyclic) bond motifs is 3. The number of nitrogens with one attached hydrogen (secondary N) is 3. The second kappa shape index (κ2) is 10.6. The van der Waals surface area contributed by atoms with Crippen molar-refractivity contribution in [2.75, 3.05) is 30.9 Å². The molecule has 0 aromatic heterocycles. The molecule has 1 aliphatic carbocycles. The number of nitrogens with zero attached hydrogens (tertiary/aromatic N) is 2. The van der Waals surface area contributed by atoms with Crippen LogP contribution in [0, 0.1) is 23.2 Å². The third kappa shape index (κ3) is 4.76. The standard InChI is InChI=1S/C28H33N5O3/c1-36-17-25-21-14-15-33(26(21)20-6-2-4-8-23(20)31-25)27(34)22-7-3-5-9-24(22)32-28(35)30-19-12-10-18(16-29)11-13-19/h2,4,6,8,10-13,21-22,24-26,31H,3,5,7,9,14-15,17H2,1H3,(H2,30,32,35). The van der Waals surface area contributed by atoms with Crippen LogP contribution in [0.2, 0.25) is 0 Å². The van der Waals surface area contributed by atoms with E-state index in [1.54, 1.807) is 31.4 Å². The number of para-hydroxylation sites is 1. The third-order valence-electron chi connectivity index (χ3n) is 7.88. The second-order valence-electron chi connectivity index (χ2n) is 10.0. The van der Waals surface area contributed by atoms with Crippen molar-refractivity contribution in [2.45, 2.75) is 50.2 Å². The van der Waals surface area contributed by atoms with Gasteiger partial charge in [-0.05, 0) is 55.2 Å². The smallest absolute Gasteiger partial charge is 0.319 e. The fourth-order valence-corrected chi connectivity index (χ4v) is 6.20. The van der Waals surface area contributed by atoms with Gasteiger partial charge in [0.05, 0.1) is 36.2 Å². The van der Waals surface area contributed by atoms with Gasteiger partial charge in [0.15, 0.2) is 0 Å². The van der Waals surface area contributed by atoms with E-state index in [0.29, 0.717) is 30.3 Å². The summed E-state index contributed by atoms with van der Waals surface area (Å²) in [4.78, 5) is 28.9. The van der Waals surface area contributed by atoms with Crippen molar-refractivity contribution < 1.29 is 14.3 Å². The summed E-state index contributed by atoms with van der Waals surface area (Å²) in [6.07, 6.45) is 4.45. The highest BCUT2D eigenvalue weighted by atomic mass is 16.5. The Bertz CT molecular complexity index is 1140. The van der Waals surface area contributed by atoms with Gasteiger partial charge in [-0.25, -0.2) is 4.79 Å². The number of methoxy groups -OCH3 is 1. The van der Waals surface area contributed by atoms with E-state index in [4.69, 9.17) is 10.00 Å². The zero-order valence-electron chi connectivity index (χ0n) is 20.6. The molecule has 5 atom stereocenters. The van der Waals surface area contributed by atoms with Gasteiger partial charge in [-0.1, -0.05) is 31.0 Å². The van der Waals surface area contributed by atoms with E-state index in [0.717, 1.165) is 37.8 Å². The molecule has 0 bridgehead atoms. The highest BCUT2D eigenvalue weighted by molar-refractivity contribution is 5.90. The topological polar surface area (TPSA) is 106 Å². The van der Waals surface area contributed by atoms with E-state index in [1.807, 2.05) is 12.1 Å². The van der Waals surface area contributed by atoms with Crippen LogP contribution in [-0.4, -0.2) is 49.2 Å². The fraction of sp³-hybridized carbons (Fsp3) is 0.464. The lowest BCUT2D eigenvalue weighted by Crippen LogP contribution is -2.51. The van der Waals surface area contributed by atoms with Crippen molar-refractivity contribution in [1.82, 2.24) is 10.2 Å². The minimum Gasteiger partial charge on any atom is -0.383 e. The average molecular weight is 488 g/mol. The molecular weight excluding hydrogens is 454 g/mol. The Labute approximate surface area is 212 Å². The SMILES string of the molecule is COCC1Nc2ccccc2C2C1CCN2C(=O)C1CCCCC1NC(=O)Nc1ccc(C#N)cc1. The lowest BCUT2D eigenvalue weighted by molar-refractivity contribution is -0.138. The molecule has 1 saturated heterocycles. The van der Waals surface area contributed by atoms with Crippen molar-refractivity contribution in [3.05, 3.63) is 59.7 Å². The maximum Gasteiger partial charge on any atom is 0.319 e. The van der Waals surface area contributed by atoms with E-state index >= 15 is 0 Å². The van der Waals surface area contributed by atoms with Crippen molar-refractivity contribution in [2.24, 2.45) is 11.8 Å². The van der Waals surface area contributed by atoms with Crippen molar-refractivity contribution >= 4 is 23.3 Å². The molecule has 8 heteroatoms. The van der Waals surface area contributed by atoms with Crippen LogP contribution in [0.3, 0.4) is 0 Å². The molecule has 2 aromatic carbocycles. The molecule has 1 saturated carbocycles. The molecule has 0 spiro atoms. The Morgan fingerprint density at radius 2 is 1.89 bits per heavy atom. The Morgan fingerprint density at radius 1 is 1.11 bits per heavy atom. The summed E-state index contributed by atoms with van der Waals surface area (Å²) in [5.74, 6) is 0.185. The Hall–Kier alpha value is -3.57. The van der Waals surface area contributed by atoms with E-state index in [9.17, 15) is 9.59 Å². The number of anilines is 2.